The van der Waals surface area contributed by atoms with Crippen LogP contribution in [0.15, 0.2) is 41.5 Å². The number of hydrazone groups is 1. The largest absolute Gasteiger partial charge is 0.493 e. The Kier molecular flexibility index (Phi) is 6.63. The molecule has 0 aliphatic carbocycles. The van der Waals surface area contributed by atoms with Gasteiger partial charge in [-0.3, -0.25) is 19.7 Å². The summed E-state index contributed by atoms with van der Waals surface area (Å²) in [5.74, 6) is -0.254. The molecule has 0 radical (unpaired) electrons. The predicted molar refractivity (Wildman–Crippen MR) is 102 cm³/mol. The number of hydrogen-bond acceptors (Lipinski definition) is 7. The zero-order chi connectivity index (χ0) is 20.7. The summed E-state index contributed by atoms with van der Waals surface area (Å²) in [5, 5.41) is 17.6. The van der Waals surface area contributed by atoms with E-state index in [4.69, 9.17) is 9.47 Å². The molecule has 0 bridgehead atoms. The van der Waals surface area contributed by atoms with Crippen molar-refractivity contribution >= 4 is 29.4 Å². The van der Waals surface area contributed by atoms with E-state index in [1.54, 1.807) is 12.1 Å². The number of nitrogens with one attached hydrogen (secondary N) is 2. The highest BCUT2D eigenvalue weighted by Crippen LogP contribution is 2.33. The van der Waals surface area contributed by atoms with Crippen LogP contribution in [-0.2, 0) is 4.79 Å². The van der Waals surface area contributed by atoms with Crippen molar-refractivity contribution in [3.8, 4) is 11.5 Å². The summed E-state index contributed by atoms with van der Waals surface area (Å²) in [6, 6.07) is 8.75. The maximum atomic E-state index is 12.1. The Morgan fingerprint density at radius 3 is 2.25 bits per heavy atom. The quantitative estimate of drug-likeness (QED) is 0.426. The van der Waals surface area contributed by atoms with Gasteiger partial charge in [-0.15, -0.1) is 0 Å². The minimum absolute atomic E-state index is 0.129. The third kappa shape index (κ3) is 5.04. The summed E-state index contributed by atoms with van der Waals surface area (Å²) in [5.41, 5.74) is 3.01. The first-order valence-electron chi connectivity index (χ1n) is 7.97. The number of ether oxygens (including phenoxy) is 2. The maximum absolute atomic E-state index is 12.1. The molecule has 10 nitrogen and oxygen atoms in total. The van der Waals surface area contributed by atoms with E-state index in [-0.39, 0.29) is 28.7 Å². The van der Waals surface area contributed by atoms with Crippen molar-refractivity contribution in [2.24, 2.45) is 5.10 Å². The van der Waals surface area contributed by atoms with E-state index >= 15 is 0 Å². The van der Waals surface area contributed by atoms with Crippen LogP contribution in [0.4, 0.5) is 11.4 Å². The number of nitro benzene ring substituents is 1. The standard InChI is InChI=1S/C18H18N4O6/c1-11(23)20-14-6-4-12(5-7-14)18(24)21-19-10-13-8-16(27-2)17(28-3)9-15(13)22(25)26/h4-10H,1-3H3,(H,20,23)(H,21,24)/b19-10+. The Balaban J connectivity index is 2.16. The third-order valence-corrected chi connectivity index (χ3v) is 3.57. The van der Waals surface area contributed by atoms with Crippen molar-refractivity contribution in [1.29, 1.82) is 0 Å². The first-order valence-corrected chi connectivity index (χ1v) is 7.97. The summed E-state index contributed by atoms with van der Waals surface area (Å²) in [4.78, 5) is 33.8. The van der Waals surface area contributed by atoms with Gasteiger partial charge in [0.25, 0.3) is 11.6 Å². The van der Waals surface area contributed by atoms with Gasteiger partial charge in [0.05, 0.1) is 37.0 Å². The number of carbonyl (C=O) groups is 2. The number of amides is 2. The molecule has 0 spiro atoms. The van der Waals surface area contributed by atoms with Gasteiger partial charge < -0.3 is 14.8 Å². The average Bonchev–Trinajstić information content (AvgIpc) is 2.67. The lowest BCUT2D eigenvalue weighted by atomic mass is 10.1. The number of benzene rings is 2. The molecule has 0 heterocycles. The molecule has 10 heteroatoms. The molecule has 0 saturated heterocycles. The summed E-state index contributed by atoms with van der Waals surface area (Å²) in [7, 11) is 2.77. The van der Waals surface area contributed by atoms with Crippen molar-refractivity contribution in [2.45, 2.75) is 6.92 Å². The fourth-order valence-electron chi connectivity index (χ4n) is 2.28. The lowest BCUT2D eigenvalue weighted by molar-refractivity contribution is -0.385. The molecule has 28 heavy (non-hydrogen) atoms. The SMILES string of the molecule is COc1cc(/C=N/NC(=O)c2ccc(NC(C)=O)cc2)c([N+](=O)[O-])cc1OC. The van der Waals surface area contributed by atoms with E-state index in [1.165, 1.54) is 45.4 Å². The van der Waals surface area contributed by atoms with E-state index in [2.05, 4.69) is 15.8 Å². The molecule has 0 aromatic heterocycles. The molecule has 0 atom stereocenters. The van der Waals surface area contributed by atoms with E-state index in [0.717, 1.165) is 6.21 Å². The molecule has 0 fully saturated rings. The van der Waals surface area contributed by atoms with Crippen molar-refractivity contribution in [3.63, 3.8) is 0 Å². The van der Waals surface area contributed by atoms with Gasteiger partial charge in [-0.2, -0.15) is 5.10 Å². The van der Waals surface area contributed by atoms with Crippen LogP contribution in [0.3, 0.4) is 0 Å². The molecule has 0 unspecified atom stereocenters. The van der Waals surface area contributed by atoms with Crippen LogP contribution in [0, 0.1) is 10.1 Å². The Hall–Kier alpha value is -3.95. The molecule has 2 N–H and O–H groups in total. The highest BCUT2D eigenvalue weighted by atomic mass is 16.6. The number of anilines is 1. The van der Waals surface area contributed by atoms with Crippen molar-refractivity contribution in [3.05, 3.63) is 57.6 Å². The number of rotatable bonds is 7. The topological polar surface area (TPSA) is 132 Å². The zero-order valence-electron chi connectivity index (χ0n) is 15.4. The predicted octanol–water partition coefficient (Wildman–Crippen LogP) is 2.33. The van der Waals surface area contributed by atoms with E-state index < -0.39 is 10.8 Å². The van der Waals surface area contributed by atoms with Gasteiger partial charge in [0.15, 0.2) is 11.5 Å². The number of methoxy groups -OCH3 is 2. The van der Waals surface area contributed by atoms with E-state index in [0.29, 0.717) is 11.3 Å². The first-order chi connectivity index (χ1) is 13.3. The smallest absolute Gasteiger partial charge is 0.282 e. The molecule has 0 aliphatic rings. The monoisotopic (exact) mass is 386 g/mol. The second kappa shape index (κ2) is 9.12. The molecular formula is C18H18N4O6. The fourth-order valence-corrected chi connectivity index (χ4v) is 2.28. The van der Waals surface area contributed by atoms with Gasteiger partial charge in [0, 0.05) is 18.2 Å². The minimum Gasteiger partial charge on any atom is -0.493 e. The number of nitro groups is 1. The zero-order valence-corrected chi connectivity index (χ0v) is 15.4. The van der Waals surface area contributed by atoms with Gasteiger partial charge in [-0.25, -0.2) is 5.43 Å². The van der Waals surface area contributed by atoms with Crippen LogP contribution >= 0.6 is 0 Å². The van der Waals surface area contributed by atoms with Crippen LogP contribution < -0.4 is 20.2 Å². The van der Waals surface area contributed by atoms with Crippen LogP contribution in [0.25, 0.3) is 0 Å². The average molecular weight is 386 g/mol. The summed E-state index contributed by atoms with van der Waals surface area (Å²) in [6.07, 6.45) is 1.14. The number of carbonyl (C=O) groups excluding carboxylic acids is 2. The van der Waals surface area contributed by atoms with Crippen molar-refractivity contribution in [1.82, 2.24) is 5.43 Å². The molecule has 2 aromatic rings. The van der Waals surface area contributed by atoms with E-state index in [9.17, 15) is 19.7 Å². The van der Waals surface area contributed by atoms with Crippen LogP contribution in [0.5, 0.6) is 11.5 Å². The van der Waals surface area contributed by atoms with Crippen molar-refractivity contribution < 1.29 is 24.0 Å². The second-order valence-corrected chi connectivity index (χ2v) is 5.48. The molecule has 0 aliphatic heterocycles. The van der Waals surface area contributed by atoms with Crippen molar-refractivity contribution in [2.75, 3.05) is 19.5 Å². The van der Waals surface area contributed by atoms with Gasteiger partial charge in [-0.1, -0.05) is 0 Å². The van der Waals surface area contributed by atoms with E-state index in [1.807, 2.05) is 0 Å². The summed E-state index contributed by atoms with van der Waals surface area (Å²) >= 11 is 0. The van der Waals surface area contributed by atoms with Gasteiger partial charge in [0.2, 0.25) is 5.91 Å². The molecule has 0 saturated carbocycles. The summed E-state index contributed by atoms with van der Waals surface area (Å²) < 4.78 is 10.2. The number of nitrogens with zero attached hydrogens (tertiary/aromatic N) is 2. The molecule has 2 aromatic carbocycles. The normalized spacial score (nSPS) is 10.4. The number of hydrogen-bond donors (Lipinski definition) is 2. The fraction of sp³-hybridized carbons (Fsp3) is 0.167. The van der Waals surface area contributed by atoms with Crippen LogP contribution in [0.2, 0.25) is 0 Å². The molecule has 146 valence electrons. The molecular weight excluding hydrogens is 368 g/mol. The Morgan fingerprint density at radius 1 is 1.11 bits per heavy atom. The lowest BCUT2D eigenvalue weighted by Crippen LogP contribution is -2.17. The minimum atomic E-state index is -0.591. The highest BCUT2D eigenvalue weighted by molar-refractivity contribution is 5.96. The Bertz CT molecular complexity index is 924. The Morgan fingerprint density at radius 2 is 1.71 bits per heavy atom. The highest BCUT2D eigenvalue weighted by Gasteiger charge is 2.18. The van der Waals surface area contributed by atoms with Gasteiger partial charge in [0.1, 0.15) is 0 Å². The molecule has 2 rings (SSSR count). The second-order valence-electron chi connectivity index (χ2n) is 5.48. The Labute approximate surface area is 160 Å². The lowest BCUT2D eigenvalue weighted by Gasteiger charge is -2.08. The summed E-state index contributed by atoms with van der Waals surface area (Å²) in [6.45, 7) is 1.38. The maximum Gasteiger partial charge on any atom is 0.282 e. The van der Waals surface area contributed by atoms with Crippen LogP contribution in [-0.4, -0.2) is 37.2 Å². The van der Waals surface area contributed by atoms with Crippen LogP contribution in [0.1, 0.15) is 22.8 Å². The van der Waals surface area contributed by atoms with Gasteiger partial charge in [-0.05, 0) is 30.3 Å². The third-order valence-electron chi connectivity index (χ3n) is 3.57. The first kappa shape index (κ1) is 20.4. The molecule has 2 amide bonds. The van der Waals surface area contributed by atoms with Gasteiger partial charge >= 0.3 is 0 Å².